The average Bonchev–Trinajstić information content (AvgIpc) is 2.32. The Hall–Kier alpha value is 0.170. The van der Waals surface area contributed by atoms with Gasteiger partial charge >= 0.3 is 0 Å². The first-order valence-corrected chi connectivity index (χ1v) is 4.76. The molecular weight excluding hydrogens is 284 g/mol. The van der Waals surface area contributed by atoms with Crippen LogP contribution in [0.25, 0.3) is 0 Å². The lowest BCUT2D eigenvalue weighted by atomic mass is 10.1. The van der Waals surface area contributed by atoms with E-state index < -0.39 is 0 Å². The Kier molecular flexibility index (Phi) is 4.48. The maximum absolute atomic E-state index is 4.24. The first-order chi connectivity index (χ1) is 5.04. The molecule has 0 atom stereocenters. The van der Waals surface area contributed by atoms with Crippen molar-refractivity contribution in [3.05, 3.63) is 18.0 Å². The highest BCUT2D eigenvalue weighted by Crippen LogP contribution is 2.14. The predicted molar refractivity (Wildman–Crippen MR) is 60.2 cm³/mol. The molecule has 70 valence electrons. The van der Waals surface area contributed by atoms with Gasteiger partial charge in [-0.15, -0.1) is 17.0 Å². The van der Waals surface area contributed by atoms with Crippen LogP contribution < -0.4 is 0 Å². The molecule has 1 rings (SSSR count). The Morgan fingerprint density at radius 1 is 1.50 bits per heavy atom. The van der Waals surface area contributed by atoms with Crippen molar-refractivity contribution in [3.8, 4) is 0 Å². The van der Waals surface area contributed by atoms with Crippen molar-refractivity contribution in [1.29, 1.82) is 0 Å². The van der Waals surface area contributed by atoms with E-state index in [1.54, 1.807) is 0 Å². The van der Waals surface area contributed by atoms with Crippen molar-refractivity contribution in [3.63, 3.8) is 0 Å². The fourth-order valence-corrected chi connectivity index (χ4v) is 1.09. The van der Waals surface area contributed by atoms with Crippen LogP contribution in [0.2, 0.25) is 0 Å². The highest BCUT2D eigenvalue weighted by atomic mass is 79.9. The molecule has 0 aliphatic rings. The molecule has 4 heteroatoms. The molecule has 1 aromatic rings. The quantitative estimate of drug-likeness (QED) is 0.728. The predicted octanol–water partition coefficient (Wildman–Crippen LogP) is 3.11. The average molecular weight is 298 g/mol. The van der Waals surface area contributed by atoms with Gasteiger partial charge in [0.25, 0.3) is 0 Å². The van der Waals surface area contributed by atoms with Gasteiger partial charge in [0.05, 0.1) is 11.7 Å². The third kappa shape index (κ3) is 2.90. The van der Waals surface area contributed by atoms with Crippen molar-refractivity contribution in [2.75, 3.05) is 0 Å². The van der Waals surface area contributed by atoms with Crippen LogP contribution in [0.15, 0.2) is 12.4 Å². The van der Waals surface area contributed by atoms with Gasteiger partial charge < -0.3 is 0 Å². The summed E-state index contributed by atoms with van der Waals surface area (Å²) in [6.45, 7) is 6.41. The lowest BCUT2D eigenvalue weighted by Gasteiger charge is -2.18. The molecule has 2 nitrogen and oxygen atoms in total. The molecule has 0 N–H and O–H groups in total. The van der Waals surface area contributed by atoms with Crippen LogP contribution in [0.3, 0.4) is 0 Å². The molecule has 0 aliphatic carbocycles. The fourth-order valence-electron chi connectivity index (χ4n) is 0.796. The monoisotopic (exact) mass is 296 g/mol. The van der Waals surface area contributed by atoms with Crippen molar-refractivity contribution < 1.29 is 0 Å². The molecule has 0 radical (unpaired) electrons. The Morgan fingerprint density at radius 2 is 2.08 bits per heavy atom. The molecule has 0 aliphatic heterocycles. The molecule has 0 aromatic carbocycles. The highest BCUT2D eigenvalue weighted by Gasteiger charge is 2.12. The maximum Gasteiger partial charge on any atom is 0.0543 e. The third-order valence-electron chi connectivity index (χ3n) is 1.48. The van der Waals surface area contributed by atoms with Crippen LogP contribution in [0.4, 0.5) is 0 Å². The van der Waals surface area contributed by atoms with Crippen LogP contribution in [0.5, 0.6) is 0 Å². The van der Waals surface area contributed by atoms with E-state index in [4.69, 9.17) is 0 Å². The van der Waals surface area contributed by atoms with Gasteiger partial charge in [0.1, 0.15) is 0 Å². The summed E-state index contributed by atoms with van der Waals surface area (Å²) in [7, 11) is 0. The Labute approximate surface area is 92.2 Å². The second-order valence-corrected chi connectivity index (χ2v) is 4.16. The molecule has 1 heterocycles. The summed E-state index contributed by atoms with van der Waals surface area (Å²) in [5, 5.41) is 5.12. The molecule has 0 unspecified atom stereocenters. The van der Waals surface area contributed by atoms with E-state index in [-0.39, 0.29) is 22.5 Å². The van der Waals surface area contributed by atoms with Crippen LogP contribution in [-0.2, 0) is 10.9 Å². The minimum atomic E-state index is 0. The van der Waals surface area contributed by atoms with Crippen molar-refractivity contribution in [2.24, 2.45) is 0 Å². The summed E-state index contributed by atoms with van der Waals surface area (Å²) >= 11 is 3.38. The Balaban J connectivity index is 0.00000121. The van der Waals surface area contributed by atoms with Crippen LogP contribution in [0.1, 0.15) is 26.3 Å². The number of aromatic nitrogens is 2. The minimum absolute atomic E-state index is 0. The number of rotatable bonds is 1. The summed E-state index contributed by atoms with van der Waals surface area (Å²) in [6, 6.07) is 0. The SMILES string of the molecule is Br.CC(C)(C)n1cc(CBr)cn1. The van der Waals surface area contributed by atoms with Gasteiger partial charge in [0.15, 0.2) is 0 Å². The zero-order valence-corrected chi connectivity index (χ0v) is 10.8. The van der Waals surface area contributed by atoms with Gasteiger partial charge in [-0.3, -0.25) is 4.68 Å². The second kappa shape index (κ2) is 4.42. The van der Waals surface area contributed by atoms with Crippen LogP contribution in [-0.4, -0.2) is 9.78 Å². The van der Waals surface area contributed by atoms with Crippen molar-refractivity contribution in [2.45, 2.75) is 31.6 Å². The van der Waals surface area contributed by atoms with Crippen molar-refractivity contribution in [1.82, 2.24) is 9.78 Å². The van der Waals surface area contributed by atoms with E-state index >= 15 is 0 Å². The number of halogens is 2. The molecule has 12 heavy (non-hydrogen) atoms. The largest absolute Gasteiger partial charge is 0.267 e. The van der Waals surface area contributed by atoms with E-state index in [2.05, 4.69) is 48.0 Å². The van der Waals surface area contributed by atoms with E-state index in [1.807, 2.05) is 10.9 Å². The summed E-state index contributed by atoms with van der Waals surface area (Å²) < 4.78 is 1.98. The van der Waals surface area contributed by atoms with Crippen LogP contribution in [0, 0.1) is 0 Å². The topological polar surface area (TPSA) is 17.8 Å². The first-order valence-electron chi connectivity index (χ1n) is 3.64. The van der Waals surface area contributed by atoms with Crippen molar-refractivity contribution >= 4 is 32.9 Å². The van der Waals surface area contributed by atoms with Gasteiger partial charge in [0.2, 0.25) is 0 Å². The molecule has 1 aromatic heterocycles. The summed E-state index contributed by atoms with van der Waals surface area (Å²) in [5.41, 5.74) is 1.32. The molecule has 0 saturated heterocycles. The van der Waals surface area contributed by atoms with E-state index in [0.717, 1.165) is 5.33 Å². The standard InChI is InChI=1S/C8H13BrN2.BrH/c1-8(2,3)11-6-7(4-9)5-10-11;/h5-6H,4H2,1-3H3;1H. The zero-order chi connectivity index (χ0) is 8.48. The fraction of sp³-hybridized carbons (Fsp3) is 0.625. The molecule has 0 bridgehead atoms. The molecular formula is C8H14Br2N2. The Bertz CT molecular complexity index is 237. The summed E-state index contributed by atoms with van der Waals surface area (Å²) in [5.74, 6) is 0. The lowest BCUT2D eigenvalue weighted by molar-refractivity contribution is 0.355. The third-order valence-corrected chi connectivity index (χ3v) is 2.13. The summed E-state index contributed by atoms with van der Waals surface area (Å²) in [6.07, 6.45) is 3.95. The normalized spacial score (nSPS) is 11.0. The number of hydrogen-bond donors (Lipinski definition) is 0. The number of nitrogens with zero attached hydrogens (tertiary/aromatic N) is 2. The molecule has 0 saturated carbocycles. The van der Waals surface area contributed by atoms with E-state index in [0.29, 0.717) is 0 Å². The molecule has 0 spiro atoms. The van der Waals surface area contributed by atoms with E-state index in [1.165, 1.54) is 5.56 Å². The zero-order valence-electron chi connectivity index (χ0n) is 7.54. The van der Waals surface area contributed by atoms with Gasteiger partial charge in [-0.05, 0) is 20.8 Å². The van der Waals surface area contributed by atoms with Gasteiger partial charge in [-0.2, -0.15) is 5.10 Å². The van der Waals surface area contributed by atoms with Gasteiger partial charge in [-0.1, -0.05) is 15.9 Å². The van der Waals surface area contributed by atoms with Gasteiger partial charge in [-0.25, -0.2) is 0 Å². The molecule has 0 fully saturated rings. The number of hydrogen-bond acceptors (Lipinski definition) is 1. The second-order valence-electron chi connectivity index (χ2n) is 3.60. The smallest absolute Gasteiger partial charge is 0.0543 e. The number of alkyl halides is 1. The van der Waals surface area contributed by atoms with Gasteiger partial charge in [0, 0.05) is 17.1 Å². The van der Waals surface area contributed by atoms with Crippen LogP contribution >= 0.6 is 32.9 Å². The summed E-state index contributed by atoms with van der Waals surface area (Å²) in [4.78, 5) is 0. The first kappa shape index (κ1) is 12.2. The Morgan fingerprint density at radius 3 is 2.33 bits per heavy atom. The lowest BCUT2D eigenvalue weighted by Crippen LogP contribution is -2.21. The highest BCUT2D eigenvalue weighted by molar-refractivity contribution is 9.08. The minimum Gasteiger partial charge on any atom is -0.267 e. The molecule has 0 amide bonds. The van der Waals surface area contributed by atoms with E-state index in [9.17, 15) is 0 Å². The maximum atomic E-state index is 4.24.